The first-order valence-corrected chi connectivity index (χ1v) is 7.23. The van der Waals surface area contributed by atoms with Gasteiger partial charge in [-0.2, -0.15) is 0 Å². The van der Waals surface area contributed by atoms with Crippen LogP contribution < -0.4 is 5.73 Å². The van der Waals surface area contributed by atoms with Crippen molar-refractivity contribution in [1.82, 2.24) is 9.80 Å². The minimum absolute atomic E-state index is 0.296. The first-order chi connectivity index (χ1) is 8.51. The summed E-state index contributed by atoms with van der Waals surface area (Å²) in [5.74, 6) is 0.707. The number of nitrogens with two attached hydrogens (primary N) is 1. The Labute approximate surface area is 112 Å². The molecular weight excluding hydrogens is 226 g/mol. The Morgan fingerprint density at radius 1 is 1.17 bits per heavy atom. The monoisotopic (exact) mass is 257 g/mol. The molecule has 108 valence electrons. The molecule has 0 aliphatic carbocycles. The van der Waals surface area contributed by atoms with Crippen LogP contribution in [0.25, 0.3) is 0 Å². The third-order valence-electron chi connectivity index (χ3n) is 3.41. The molecule has 1 heterocycles. The molecule has 1 aliphatic rings. The second-order valence-corrected chi connectivity index (χ2v) is 6.15. The van der Waals surface area contributed by atoms with E-state index in [9.17, 15) is 0 Å². The van der Waals surface area contributed by atoms with E-state index >= 15 is 0 Å². The minimum atomic E-state index is 0.296. The molecule has 0 saturated carbocycles. The van der Waals surface area contributed by atoms with E-state index in [0.29, 0.717) is 24.7 Å². The first kappa shape index (κ1) is 15.9. The second-order valence-electron chi connectivity index (χ2n) is 6.15. The molecule has 4 heteroatoms. The van der Waals surface area contributed by atoms with Crippen LogP contribution in [0.4, 0.5) is 0 Å². The van der Waals surface area contributed by atoms with E-state index in [1.807, 2.05) is 0 Å². The molecule has 1 aliphatic heterocycles. The topological polar surface area (TPSA) is 41.7 Å². The van der Waals surface area contributed by atoms with Gasteiger partial charge in [0.1, 0.15) is 0 Å². The fraction of sp³-hybridized carbons (Fsp3) is 1.00. The van der Waals surface area contributed by atoms with Crippen molar-refractivity contribution in [3.8, 4) is 0 Å². The van der Waals surface area contributed by atoms with Gasteiger partial charge in [-0.3, -0.25) is 4.90 Å². The van der Waals surface area contributed by atoms with Gasteiger partial charge in [-0.05, 0) is 32.9 Å². The summed E-state index contributed by atoms with van der Waals surface area (Å²) < 4.78 is 5.95. The highest BCUT2D eigenvalue weighted by Crippen LogP contribution is 2.20. The molecule has 0 aromatic rings. The molecule has 2 unspecified atom stereocenters. The molecule has 0 bridgehead atoms. The van der Waals surface area contributed by atoms with Crippen LogP contribution in [0.3, 0.4) is 0 Å². The zero-order valence-electron chi connectivity index (χ0n) is 12.6. The fourth-order valence-electron chi connectivity index (χ4n) is 2.49. The Hall–Kier alpha value is -0.160. The Morgan fingerprint density at radius 3 is 2.33 bits per heavy atom. The molecule has 0 aromatic heterocycles. The molecule has 4 nitrogen and oxygen atoms in total. The van der Waals surface area contributed by atoms with Crippen molar-refractivity contribution < 1.29 is 4.74 Å². The van der Waals surface area contributed by atoms with Crippen LogP contribution in [0, 0.1) is 5.92 Å². The van der Waals surface area contributed by atoms with Crippen LogP contribution in [-0.2, 0) is 4.74 Å². The molecule has 0 aromatic carbocycles. The van der Waals surface area contributed by atoms with Crippen molar-refractivity contribution in [1.29, 1.82) is 0 Å². The van der Waals surface area contributed by atoms with Gasteiger partial charge in [0.25, 0.3) is 0 Å². The van der Waals surface area contributed by atoms with Gasteiger partial charge in [0.05, 0.1) is 12.2 Å². The van der Waals surface area contributed by atoms with Crippen molar-refractivity contribution in [2.75, 3.05) is 46.8 Å². The van der Waals surface area contributed by atoms with Crippen LogP contribution in [-0.4, -0.2) is 68.8 Å². The molecule has 2 N–H and O–H groups in total. The van der Waals surface area contributed by atoms with E-state index in [2.05, 4.69) is 37.7 Å². The van der Waals surface area contributed by atoms with Gasteiger partial charge >= 0.3 is 0 Å². The van der Waals surface area contributed by atoms with Gasteiger partial charge in [0, 0.05) is 32.7 Å². The van der Waals surface area contributed by atoms with E-state index in [1.165, 1.54) is 6.42 Å². The summed E-state index contributed by atoms with van der Waals surface area (Å²) in [5.41, 5.74) is 5.66. The van der Waals surface area contributed by atoms with Crippen LogP contribution in [0.1, 0.15) is 26.7 Å². The molecule has 1 fully saturated rings. The summed E-state index contributed by atoms with van der Waals surface area (Å²) in [4.78, 5) is 4.78. The van der Waals surface area contributed by atoms with Gasteiger partial charge in [-0.25, -0.2) is 0 Å². The Morgan fingerprint density at radius 2 is 1.83 bits per heavy atom. The lowest BCUT2D eigenvalue weighted by Gasteiger charge is -2.28. The normalized spacial score (nSPS) is 24.7. The maximum absolute atomic E-state index is 5.95. The maximum Gasteiger partial charge on any atom is 0.0707 e. The standard InChI is InChI=1S/C14H31N3O/c1-12(2)10-17(8-7-16(3)4)11-14-6-5-13(9-15)18-14/h12-14H,5-11,15H2,1-4H3. The lowest BCUT2D eigenvalue weighted by Crippen LogP contribution is -2.39. The van der Waals surface area contributed by atoms with Gasteiger partial charge in [0.15, 0.2) is 0 Å². The average Bonchev–Trinajstić information content (AvgIpc) is 2.73. The number of nitrogens with zero attached hydrogens (tertiary/aromatic N) is 2. The van der Waals surface area contributed by atoms with Crippen molar-refractivity contribution in [3.05, 3.63) is 0 Å². The smallest absolute Gasteiger partial charge is 0.0707 e. The fourth-order valence-corrected chi connectivity index (χ4v) is 2.49. The summed E-state index contributed by atoms with van der Waals surface area (Å²) >= 11 is 0. The van der Waals surface area contributed by atoms with Crippen LogP contribution >= 0.6 is 0 Å². The second kappa shape index (κ2) is 8.10. The predicted octanol–water partition coefficient (Wildman–Crippen LogP) is 1.01. The highest BCUT2D eigenvalue weighted by molar-refractivity contribution is 4.77. The lowest BCUT2D eigenvalue weighted by atomic mass is 10.1. The van der Waals surface area contributed by atoms with Gasteiger partial charge in [-0.1, -0.05) is 13.8 Å². The number of hydrogen-bond acceptors (Lipinski definition) is 4. The van der Waals surface area contributed by atoms with Gasteiger partial charge in [0.2, 0.25) is 0 Å². The van der Waals surface area contributed by atoms with E-state index in [1.54, 1.807) is 0 Å². The molecule has 0 radical (unpaired) electrons. The molecule has 18 heavy (non-hydrogen) atoms. The molecule has 1 saturated heterocycles. The largest absolute Gasteiger partial charge is 0.372 e. The third-order valence-corrected chi connectivity index (χ3v) is 3.41. The highest BCUT2D eigenvalue weighted by atomic mass is 16.5. The van der Waals surface area contributed by atoms with E-state index in [4.69, 9.17) is 10.5 Å². The van der Waals surface area contributed by atoms with Gasteiger partial charge < -0.3 is 15.4 Å². The van der Waals surface area contributed by atoms with Crippen LogP contribution in [0.5, 0.6) is 0 Å². The van der Waals surface area contributed by atoms with Crippen LogP contribution in [0.2, 0.25) is 0 Å². The zero-order valence-corrected chi connectivity index (χ0v) is 12.6. The first-order valence-electron chi connectivity index (χ1n) is 7.23. The maximum atomic E-state index is 5.95. The lowest BCUT2D eigenvalue weighted by molar-refractivity contribution is 0.0238. The average molecular weight is 257 g/mol. The molecule has 1 rings (SSSR count). The molecule has 0 spiro atoms. The minimum Gasteiger partial charge on any atom is -0.372 e. The Balaban J connectivity index is 2.35. The van der Waals surface area contributed by atoms with E-state index in [-0.39, 0.29) is 0 Å². The van der Waals surface area contributed by atoms with Crippen molar-refractivity contribution in [3.63, 3.8) is 0 Å². The number of likely N-dealkylation sites (N-methyl/N-ethyl adjacent to an activating group) is 1. The summed E-state index contributed by atoms with van der Waals surface area (Å²) in [6.07, 6.45) is 2.98. The number of ether oxygens (including phenoxy) is 1. The van der Waals surface area contributed by atoms with Crippen molar-refractivity contribution >= 4 is 0 Å². The Bertz CT molecular complexity index is 221. The molecule has 2 atom stereocenters. The molecular formula is C14H31N3O. The quantitative estimate of drug-likeness (QED) is 0.705. The number of hydrogen-bond donors (Lipinski definition) is 1. The number of rotatable bonds is 8. The van der Waals surface area contributed by atoms with Crippen molar-refractivity contribution in [2.45, 2.75) is 38.9 Å². The summed E-state index contributed by atoms with van der Waals surface area (Å²) in [6, 6.07) is 0. The van der Waals surface area contributed by atoms with Crippen LogP contribution in [0.15, 0.2) is 0 Å². The zero-order chi connectivity index (χ0) is 13.5. The van der Waals surface area contributed by atoms with E-state index < -0.39 is 0 Å². The summed E-state index contributed by atoms with van der Waals surface area (Å²) in [6.45, 7) is 9.67. The molecule has 0 amide bonds. The Kier molecular flexibility index (Phi) is 7.15. The van der Waals surface area contributed by atoms with Gasteiger partial charge in [-0.15, -0.1) is 0 Å². The van der Waals surface area contributed by atoms with E-state index in [0.717, 1.165) is 32.6 Å². The third kappa shape index (κ3) is 6.14. The summed E-state index contributed by atoms with van der Waals surface area (Å²) in [7, 11) is 4.26. The summed E-state index contributed by atoms with van der Waals surface area (Å²) in [5, 5.41) is 0. The SMILES string of the molecule is CC(C)CN(CCN(C)C)CC1CCC(CN)O1. The predicted molar refractivity (Wildman–Crippen MR) is 76.8 cm³/mol. The van der Waals surface area contributed by atoms with Crippen molar-refractivity contribution in [2.24, 2.45) is 11.7 Å². The highest BCUT2D eigenvalue weighted by Gasteiger charge is 2.25.